The number of rotatable bonds is 9. The van der Waals surface area contributed by atoms with Crippen molar-refractivity contribution >= 4 is 11.5 Å². The Morgan fingerprint density at radius 1 is 0.953 bits per heavy atom. The van der Waals surface area contributed by atoms with Gasteiger partial charge in [0.15, 0.2) is 0 Å². The van der Waals surface area contributed by atoms with Gasteiger partial charge in [-0.3, -0.25) is 9.47 Å². The van der Waals surface area contributed by atoms with Crippen LogP contribution in [0.15, 0.2) is 71.3 Å². The van der Waals surface area contributed by atoms with E-state index in [1.807, 2.05) is 36.4 Å². The normalized spacial score (nSPS) is 17.3. The lowest BCUT2D eigenvalue weighted by molar-refractivity contribution is -0.389. The van der Waals surface area contributed by atoms with Crippen molar-refractivity contribution in [3.05, 3.63) is 82.7 Å². The van der Waals surface area contributed by atoms with Gasteiger partial charge in [0.25, 0.3) is 0 Å². The number of nitrogens with zero attached hydrogens (tertiary/aromatic N) is 5. The monoisotopic (exact) mass is 599 g/mol. The zero-order valence-electron chi connectivity index (χ0n) is 22.9. The summed E-state index contributed by atoms with van der Waals surface area (Å²) in [4.78, 5) is 18.9. The van der Waals surface area contributed by atoms with Gasteiger partial charge >= 0.3 is 18.2 Å². The Hall–Kier alpha value is -4.72. The van der Waals surface area contributed by atoms with Crippen molar-refractivity contribution in [1.29, 1.82) is 0 Å². The number of hydrogen-bond donors (Lipinski definition) is 0. The van der Waals surface area contributed by atoms with E-state index in [9.17, 15) is 23.3 Å². The number of hydrogen-bond acceptors (Lipinski definition) is 9. The first-order chi connectivity index (χ1) is 20.7. The summed E-state index contributed by atoms with van der Waals surface area (Å²) in [5.41, 5.74) is 1.76. The first-order valence-corrected chi connectivity index (χ1v) is 13.7. The topological polar surface area (TPSA) is 108 Å². The smallest absolute Gasteiger partial charge is 0.490 e. The van der Waals surface area contributed by atoms with Crippen molar-refractivity contribution < 1.29 is 36.7 Å². The summed E-state index contributed by atoms with van der Waals surface area (Å²) in [6.07, 6.45) is -2.93. The number of halogens is 3. The van der Waals surface area contributed by atoms with Crippen molar-refractivity contribution in [2.45, 2.75) is 32.0 Å². The van der Waals surface area contributed by atoms with Crippen molar-refractivity contribution in [2.75, 3.05) is 37.7 Å². The highest BCUT2D eigenvalue weighted by Gasteiger charge is 2.31. The Morgan fingerprint density at radius 2 is 1.67 bits per heavy atom. The van der Waals surface area contributed by atoms with Crippen LogP contribution in [0, 0.1) is 10.1 Å². The lowest BCUT2D eigenvalue weighted by atomic mass is 10.2. The Morgan fingerprint density at radius 3 is 2.37 bits per heavy atom. The quantitative estimate of drug-likeness (QED) is 0.182. The Balaban J connectivity index is 0.950. The minimum Gasteiger partial charge on any atom is -0.490 e. The summed E-state index contributed by atoms with van der Waals surface area (Å²) in [7, 11) is 0. The molecule has 0 spiro atoms. The Labute approximate surface area is 244 Å². The molecule has 0 bridgehead atoms. The molecule has 0 radical (unpaired) electrons. The third kappa shape index (κ3) is 7.02. The number of alkyl halides is 3. The van der Waals surface area contributed by atoms with Crippen molar-refractivity contribution in [3.63, 3.8) is 0 Å². The lowest BCUT2D eigenvalue weighted by Crippen LogP contribution is -2.45. The van der Waals surface area contributed by atoms with Crippen LogP contribution < -0.4 is 19.1 Å². The average molecular weight is 600 g/mol. The molecule has 4 aromatic rings. The molecule has 2 aromatic heterocycles. The van der Waals surface area contributed by atoms with Crippen LogP contribution in [0.5, 0.6) is 17.5 Å². The van der Waals surface area contributed by atoms with Gasteiger partial charge in [0.05, 0.1) is 6.54 Å². The maximum absolute atomic E-state index is 12.4. The second-order valence-corrected chi connectivity index (χ2v) is 10.3. The standard InChI is InChI=1S/C29H28F3N5O6/c30-29(31,32)43-23-5-1-20(2-6-23)26-10-9-24(41-26)17-34-13-15-35(16-14-34)21-3-7-22(8-4-21)40-19-25-11-12-36-18-27(37(38)39)33-28(36)42-25/h1-10,18,25H,11-17,19H2. The van der Waals surface area contributed by atoms with E-state index in [1.54, 1.807) is 4.57 Å². The zero-order valence-corrected chi connectivity index (χ0v) is 22.9. The van der Waals surface area contributed by atoms with Gasteiger partial charge < -0.3 is 33.6 Å². The summed E-state index contributed by atoms with van der Waals surface area (Å²) in [6.45, 7) is 4.87. The molecule has 0 amide bonds. The molecule has 2 aliphatic heterocycles. The molecule has 2 aromatic carbocycles. The molecule has 2 aliphatic rings. The van der Waals surface area contributed by atoms with Crippen LogP contribution in [0.3, 0.4) is 0 Å². The highest BCUT2D eigenvalue weighted by atomic mass is 19.4. The minimum atomic E-state index is -4.73. The maximum Gasteiger partial charge on any atom is 0.573 e. The van der Waals surface area contributed by atoms with E-state index in [-0.39, 0.29) is 23.7 Å². The molecule has 1 unspecified atom stereocenters. The van der Waals surface area contributed by atoms with Crippen LogP contribution in [0.4, 0.5) is 24.7 Å². The van der Waals surface area contributed by atoms with Crippen LogP contribution in [0.1, 0.15) is 12.2 Å². The predicted molar refractivity (Wildman–Crippen MR) is 148 cm³/mol. The van der Waals surface area contributed by atoms with Crippen LogP contribution in [-0.2, 0) is 13.1 Å². The van der Waals surface area contributed by atoms with Crippen LogP contribution in [0.25, 0.3) is 11.3 Å². The average Bonchev–Trinajstić information content (AvgIpc) is 3.64. The van der Waals surface area contributed by atoms with Gasteiger partial charge in [0, 0.05) is 55.4 Å². The zero-order chi connectivity index (χ0) is 30.0. The van der Waals surface area contributed by atoms with Crippen LogP contribution in [-0.4, -0.2) is 64.6 Å². The number of furan rings is 1. The van der Waals surface area contributed by atoms with E-state index in [2.05, 4.69) is 19.5 Å². The summed E-state index contributed by atoms with van der Waals surface area (Å²) in [5, 5.41) is 10.9. The molecular weight excluding hydrogens is 571 g/mol. The Bertz CT molecular complexity index is 1550. The SMILES string of the molecule is O=[N+]([O-])c1cn2c(n1)OC(COc1ccc(N3CCN(Cc4ccc(-c5ccc(OC(F)(F)F)cc5)o4)CC3)cc1)CC2. The second kappa shape index (κ2) is 11.9. The van der Waals surface area contributed by atoms with Gasteiger partial charge in [0.1, 0.15) is 41.9 Å². The summed E-state index contributed by atoms with van der Waals surface area (Å²) >= 11 is 0. The molecule has 1 fully saturated rings. The van der Waals surface area contributed by atoms with Crippen molar-refractivity contribution in [1.82, 2.24) is 14.5 Å². The molecule has 1 saturated heterocycles. The number of aryl methyl sites for hydroxylation is 1. The molecule has 11 nitrogen and oxygen atoms in total. The fourth-order valence-electron chi connectivity index (χ4n) is 5.10. The molecule has 0 saturated carbocycles. The van der Waals surface area contributed by atoms with Crippen LogP contribution >= 0.6 is 0 Å². The number of fused-ring (bicyclic) bond motifs is 1. The number of aromatic nitrogens is 2. The van der Waals surface area contributed by atoms with E-state index in [1.165, 1.54) is 30.5 Å². The van der Waals surface area contributed by atoms with E-state index in [0.29, 0.717) is 43.2 Å². The third-order valence-corrected chi connectivity index (χ3v) is 7.30. The number of nitro groups is 1. The van der Waals surface area contributed by atoms with Gasteiger partial charge in [-0.05, 0) is 65.6 Å². The number of anilines is 1. The molecule has 43 heavy (non-hydrogen) atoms. The molecule has 14 heteroatoms. The number of ether oxygens (including phenoxy) is 3. The number of benzene rings is 2. The molecule has 6 rings (SSSR count). The highest BCUT2D eigenvalue weighted by Crippen LogP contribution is 2.29. The van der Waals surface area contributed by atoms with E-state index >= 15 is 0 Å². The summed E-state index contributed by atoms with van der Waals surface area (Å²) in [5.74, 6) is 1.57. The maximum atomic E-state index is 12.4. The Kier molecular flexibility index (Phi) is 7.84. The van der Waals surface area contributed by atoms with Crippen molar-refractivity contribution in [2.24, 2.45) is 0 Å². The molecule has 4 heterocycles. The minimum absolute atomic E-state index is 0.228. The predicted octanol–water partition coefficient (Wildman–Crippen LogP) is 5.50. The van der Waals surface area contributed by atoms with E-state index in [0.717, 1.165) is 37.6 Å². The molecule has 0 aliphatic carbocycles. The van der Waals surface area contributed by atoms with Gasteiger partial charge in [-0.15, -0.1) is 13.2 Å². The van der Waals surface area contributed by atoms with Crippen molar-refractivity contribution in [3.8, 4) is 28.8 Å². The first kappa shape index (κ1) is 28.4. The summed E-state index contributed by atoms with van der Waals surface area (Å²) in [6, 6.07) is 17.4. The van der Waals surface area contributed by atoms with Gasteiger partial charge in [-0.2, -0.15) is 0 Å². The van der Waals surface area contributed by atoms with Gasteiger partial charge in [-0.25, -0.2) is 0 Å². The second-order valence-electron chi connectivity index (χ2n) is 10.3. The van der Waals surface area contributed by atoms with Gasteiger partial charge in [0.2, 0.25) is 0 Å². The molecule has 226 valence electrons. The highest BCUT2D eigenvalue weighted by molar-refractivity contribution is 5.58. The third-order valence-electron chi connectivity index (χ3n) is 7.30. The van der Waals surface area contributed by atoms with Gasteiger partial charge in [-0.1, -0.05) is 0 Å². The number of imidazole rings is 1. The summed E-state index contributed by atoms with van der Waals surface area (Å²) < 4.78 is 60.4. The molecule has 1 atom stereocenters. The fourth-order valence-corrected chi connectivity index (χ4v) is 5.10. The van der Waals surface area contributed by atoms with E-state index < -0.39 is 11.3 Å². The number of piperazine rings is 1. The lowest BCUT2D eigenvalue weighted by Gasteiger charge is -2.35. The molecule has 0 N–H and O–H groups in total. The first-order valence-electron chi connectivity index (χ1n) is 13.7. The molecular formula is C29H28F3N5O6. The van der Waals surface area contributed by atoms with Crippen LogP contribution in [0.2, 0.25) is 0 Å². The largest absolute Gasteiger partial charge is 0.573 e. The van der Waals surface area contributed by atoms with E-state index in [4.69, 9.17) is 13.9 Å². The fraction of sp³-hybridized carbons (Fsp3) is 0.345.